The molecule has 110 valence electrons. The molecule has 6 heteroatoms. The summed E-state index contributed by atoms with van der Waals surface area (Å²) in [5, 5.41) is 15.7. The largest absolute Gasteiger partial charge is 0.480 e. The van der Waals surface area contributed by atoms with Crippen LogP contribution in [0.3, 0.4) is 0 Å². The van der Waals surface area contributed by atoms with E-state index in [1.165, 1.54) is 13.8 Å². The van der Waals surface area contributed by atoms with Gasteiger partial charge >= 0.3 is 5.97 Å². The number of hydrogen-bond acceptors (Lipinski definition) is 3. The van der Waals surface area contributed by atoms with Crippen LogP contribution in [0.4, 0.5) is 0 Å². The van der Waals surface area contributed by atoms with E-state index in [-0.39, 0.29) is 5.69 Å². The summed E-state index contributed by atoms with van der Waals surface area (Å²) in [6.45, 7) is 4.68. The number of aromatic nitrogens is 2. The van der Waals surface area contributed by atoms with Crippen LogP contribution in [0.2, 0.25) is 0 Å². The van der Waals surface area contributed by atoms with Crippen LogP contribution < -0.4 is 5.32 Å². The average molecular weight is 287 g/mol. The van der Waals surface area contributed by atoms with Crippen molar-refractivity contribution in [3.8, 4) is 5.69 Å². The number of rotatable bonds is 4. The third-order valence-electron chi connectivity index (χ3n) is 3.08. The standard InChI is InChI=1S/C15H17N3O3/c1-10-9-12(13(19)16-15(2,3)14(20)21)17-18(10)11-7-5-4-6-8-11/h4-9H,1-3H3,(H,16,19)(H,20,21). The summed E-state index contributed by atoms with van der Waals surface area (Å²) in [5.74, 6) is -1.62. The normalized spacial score (nSPS) is 11.2. The molecule has 1 heterocycles. The maximum Gasteiger partial charge on any atom is 0.328 e. The molecule has 0 fully saturated rings. The topological polar surface area (TPSA) is 84.2 Å². The minimum absolute atomic E-state index is 0.186. The number of aryl methyl sites for hydroxylation is 1. The molecule has 6 nitrogen and oxygen atoms in total. The number of nitrogens with one attached hydrogen (secondary N) is 1. The van der Waals surface area contributed by atoms with Gasteiger partial charge in [0.25, 0.3) is 5.91 Å². The molecule has 0 atom stereocenters. The molecule has 0 saturated carbocycles. The quantitative estimate of drug-likeness (QED) is 0.897. The molecule has 1 aromatic carbocycles. The molecule has 0 aliphatic rings. The van der Waals surface area contributed by atoms with Crippen molar-refractivity contribution in [2.75, 3.05) is 0 Å². The zero-order chi connectivity index (χ0) is 15.6. The maximum absolute atomic E-state index is 12.1. The predicted octanol–water partition coefficient (Wildman–Crippen LogP) is 1.77. The number of hydrogen-bond donors (Lipinski definition) is 2. The number of carbonyl (C=O) groups is 2. The number of carbonyl (C=O) groups excluding carboxylic acids is 1. The van der Waals surface area contributed by atoms with E-state index in [0.717, 1.165) is 11.4 Å². The number of amides is 1. The minimum Gasteiger partial charge on any atom is -0.480 e. The lowest BCUT2D eigenvalue weighted by atomic mass is 10.1. The first-order valence-corrected chi connectivity index (χ1v) is 6.49. The Labute approximate surface area is 122 Å². The van der Waals surface area contributed by atoms with Gasteiger partial charge in [-0.15, -0.1) is 0 Å². The highest BCUT2D eigenvalue weighted by Gasteiger charge is 2.30. The van der Waals surface area contributed by atoms with Gasteiger partial charge in [-0.25, -0.2) is 9.48 Å². The highest BCUT2D eigenvalue weighted by molar-refractivity contribution is 5.96. The van der Waals surface area contributed by atoms with Crippen molar-refractivity contribution < 1.29 is 14.7 Å². The third-order valence-corrected chi connectivity index (χ3v) is 3.08. The molecular weight excluding hydrogens is 270 g/mol. The molecule has 0 unspecified atom stereocenters. The molecule has 1 amide bonds. The van der Waals surface area contributed by atoms with Crippen LogP contribution in [0.25, 0.3) is 5.69 Å². The van der Waals surface area contributed by atoms with E-state index in [9.17, 15) is 9.59 Å². The number of para-hydroxylation sites is 1. The first kappa shape index (κ1) is 14.8. The monoisotopic (exact) mass is 287 g/mol. The van der Waals surface area contributed by atoms with Crippen molar-refractivity contribution in [1.29, 1.82) is 0 Å². The Bertz CT molecular complexity index is 675. The predicted molar refractivity (Wildman–Crippen MR) is 77.5 cm³/mol. The molecule has 21 heavy (non-hydrogen) atoms. The molecule has 2 rings (SSSR count). The van der Waals surface area contributed by atoms with Crippen LogP contribution in [-0.2, 0) is 4.79 Å². The van der Waals surface area contributed by atoms with E-state index in [1.807, 2.05) is 37.3 Å². The van der Waals surface area contributed by atoms with E-state index in [2.05, 4.69) is 10.4 Å². The third kappa shape index (κ3) is 3.10. The summed E-state index contributed by atoms with van der Waals surface area (Å²) >= 11 is 0. The molecule has 1 aromatic heterocycles. The molecule has 0 spiro atoms. The molecule has 0 aliphatic heterocycles. The average Bonchev–Trinajstić information content (AvgIpc) is 2.81. The highest BCUT2D eigenvalue weighted by atomic mass is 16.4. The van der Waals surface area contributed by atoms with Gasteiger partial charge in [-0.1, -0.05) is 18.2 Å². The van der Waals surface area contributed by atoms with Crippen LogP contribution in [0, 0.1) is 6.92 Å². The lowest BCUT2D eigenvalue weighted by Crippen LogP contribution is -2.49. The zero-order valence-electron chi connectivity index (χ0n) is 12.1. The summed E-state index contributed by atoms with van der Waals surface area (Å²) in [5.41, 5.74) is 0.471. The van der Waals surface area contributed by atoms with Crippen LogP contribution in [-0.4, -0.2) is 32.3 Å². The Morgan fingerprint density at radius 1 is 1.24 bits per heavy atom. The van der Waals surface area contributed by atoms with Gasteiger partial charge in [-0.2, -0.15) is 5.10 Å². The molecule has 0 radical (unpaired) electrons. The fourth-order valence-electron chi connectivity index (χ4n) is 1.82. The summed E-state index contributed by atoms with van der Waals surface area (Å²) in [6, 6.07) is 11.0. The van der Waals surface area contributed by atoms with Crippen molar-refractivity contribution in [2.24, 2.45) is 0 Å². The number of nitrogens with zero attached hydrogens (tertiary/aromatic N) is 2. The van der Waals surface area contributed by atoms with E-state index >= 15 is 0 Å². The minimum atomic E-state index is -1.35. The van der Waals surface area contributed by atoms with Gasteiger partial charge in [0.05, 0.1) is 5.69 Å². The van der Waals surface area contributed by atoms with Gasteiger partial charge < -0.3 is 10.4 Å². The first-order valence-electron chi connectivity index (χ1n) is 6.49. The molecule has 0 bridgehead atoms. The zero-order valence-corrected chi connectivity index (χ0v) is 12.1. The Hall–Kier alpha value is -2.63. The smallest absolute Gasteiger partial charge is 0.328 e. The molecular formula is C15H17N3O3. The van der Waals surface area contributed by atoms with Crippen LogP contribution in [0.5, 0.6) is 0 Å². The van der Waals surface area contributed by atoms with E-state index in [0.29, 0.717) is 0 Å². The molecule has 2 aromatic rings. The van der Waals surface area contributed by atoms with Crippen LogP contribution >= 0.6 is 0 Å². The highest BCUT2D eigenvalue weighted by Crippen LogP contribution is 2.12. The van der Waals surface area contributed by atoms with Crippen LogP contribution in [0.15, 0.2) is 36.4 Å². The Morgan fingerprint density at radius 3 is 2.43 bits per heavy atom. The fraction of sp³-hybridized carbons (Fsp3) is 0.267. The molecule has 0 saturated heterocycles. The maximum atomic E-state index is 12.1. The SMILES string of the molecule is Cc1cc(C(=O)NC(C)(C)C(=O)O)nn1-c1ccccc1. The van der Waals surface area contributed by atoms with E-state index in [1.54, 1.807) is 10.7 Å². The van der Waals surface area contributed by atoms with Gasteiger partial charge in [0, 0.05) is 5.69 Å². The summed E-state index contributed by atoms with van der Waals surface area (Å²) in [6.07, 6.45) is 0. The molecule has 0 aliphatic carbocycles. The number of carboxylic acids is 1. The second-order valence-electron chi connectivity index (χ2n) is 5.30. The summed E-state index contributed by atoms with van der Waals surface area (Å²) in [4.78, 5) is 23.2. The van der Waals surface area contributed by atoms with E-state index in [4.69, 9.17) is 5.11 Å². The summed E-state index contributed by atoms with van der Waals surface area (Å²) in [7, 11) is 0. The first-order chi connectivity index (χ1) is 9.81. The Balaban J connectivity index is 2.27. The molecule has 2 N–H and O–H groups in total. The number of aliphatic carboxylic acids is 1. The van der Waals surface area contributed by atoms with Gasteiger partial charge in [-0.3, -0.25) is 4.79 Å². The summed E-state index contributed by atoms with van der Waals surface area (Å²) < 4.78 is 1.64. The number of benzene rings is 1. The second kappa shape index (κ2) is 5.40. The van der Waals surface area contributed by atoms with Gasteiger partial charge in [0.2, 0.25) is 0 Å². The van der Waals surface area contributed by atoms with Crippen molar-refractivity contribution in [3.05, 3.63) is 47.8 Å². The van der Waals surface area contributed by atoms with Gasteiger partial charge in [-0.05, 0) is 39.0 Å². The van der Waals surface area contributed by atoms with E-state index < -0.39 is 17.4 Å². The van der Waals surface area contributed by atoms with Crippen LogP contribution in [0.1, 0.15) is 30.0 Å². The van der Waals surface area contributed by atoms with Crippen molar-refractivity contribution in [1.82, 2.24) is 15.1 Å². The number of carboxylic acid groups (broad SMARTS) is 1. The van der Waals surface area contributed by atoms with Crippen molar-refractivity contribution in [2.45, 2.75) is 26.3 Å². The van der Waals surface area contributed by atoms with Gasteiger partial charge in [0.15, 0.2) is 5.69 Å². The van der Waals surface area contributed by atoms with Crippen molar-refractivity contribution in [3.63, 3.8) is 0 Å². The lowest BCUT2D eigenvalue weighted by molar-refractivity contribution is -0.143. The fourth-order valence-corrected chi connectivity index (χ4v) is 1.82. The van der Waals surface area contributed by atoms with Gasteiger partial charge in [0.1, 0.15) is 5.54 Å². The van der Waals surface area contributed by atoms with Crippen molar-refractivity contribution >= 4 is 11.9 Å². The lowest BCUT2D eigenvalue weighted by Gasteiger charge is -2.20. The Kier molecular flexibility index (Phi) is 3.80. The second-order valence-corrected chi connectivity index (χ2v) is 5.30. The Morgan fingerprint density at radius 2 is 1.86 bits per heavy atom.